The van der Waals surface area contributed by atoms with Crippen LogP contribution in [0.5, 0.6) is 5.75 Å². The van der Waals surface area contributed by atoms with Gasteiger partial charge in [0.25, 0.3) is 0 Å². The summed E-state index contributed by atoms with van der Waals surface area (Å²) in [7, 11) is 0. The number of fused-ring (bicyclic) bond motifs is 1. The van der Waals surface area contributed by atoms with Gasteiger partial charge in [-0.3, -0.25) is 0 Å². The molecule has 0 aromatic heterocycles. The van der Waals surface area contributed by atoms with Gasteiger partial charge < -0.3 is 4.74 Å². The van der Waals surface area contributed by atoms with Gasteiger partial charge in [0.15, 0.2) is 11.6 Å². The van der Waals surface area contributed by atoms with Gasteiger partial charge in [-0.25, -0.2) is 8.78 Å². The molecular formula is C26H19F5O. The summed E-state index contributed by atoms with van der Waals surface area (Å²) in [4.78, 5) is 0. The van der Waals surface area contributed by atoms with Gasteiger partial charge in [-0.05, 0) is 52.3 Å². The number of hydrogen-bond donors (Lipinski definition) is 0. The van der Waals surface area contributed by atoms with Crippen LogP contribution in [-0.4, -0.2) is 6.36 Å². The maximum absolute atomic E-state index is 14.9. The van der Waals surface area contributed by atoms with Gasteiger partial charge in [0.1, 0.15) is 5.82 Å². The molecule has 0 unspecified atom stereocenters. The van der Waals surface area contributed by atoms with Crippen LogP contribution in [0.4, 0.5) is 22.0 Å². The molecule has 0 N–H and O–H groups in total. The second-order valence-corrected chi connectivity index (χ2v) is 7.50. The minimum absolute atomic E-state index is 0.0419. The number of ether oxygens (including phenoxy) is 1. The van der Waals surface area contributed by atoms with E-state index in [-0.39, 0.29) is 5.39 Å². The molecule has 0 aliphatic heterocycles. The third-order valence-corrected chi connectivity index (χ3v) is 5.25. The summed E-state index contributed by atoms with van der Waals surface area (Å²) in [5, 5.41) is 0.296. The first-order valence-corrected chi connectivity index (χ1v) is 10.1. The van der Waals surface area contributed by atoms with Crippen molar-refractivity contribution in [2.45, 2.75) is 26.1 Å². The molecule has 0 saturated heterocycles. The van der Waals surface area contributed by atoms with Crippen LogP contribution in [0.25, 0.3) is 33.0 Å². The highest BCUT2D eigenvalue weighted by Crippen LogP contribution is 2.34. The van der Waals surface area contributed by atoms with E-state index in [9.17, 15) is 22.0 Å². The van der Waals surface area contributed by atoms with E-state index in [4.69, 9.17) is 0 Å². The first-order valence-electron chi connectivity index (χ1n) is 10.1. The summed E-state index contributed by atoms with van der Waals surface area (Å²) in [6, 6.07) is 19.4. The Morgan fingerprint density at radius 3 is 2.09 bits per heavy atom. The predicted octanol–water partition coefficient (Wildman–Crippen LogP) is 8.30. The van der Waals surface area contributed by atoms with Gasteiger partial charge in [0, 0.05) is 10.9 Å². The molecule has 0 saturated carbocycles. The lowest BCUT2D eigenvalue weighted by Gasteiger charge is -2.12. The monoisotopic (exact) mass is 442 g/mol. The Morgan fingerprint density at radius 1 is 0.750 bits per heavy atom. The smallest absolute Gasteiger partial charge is 0.403 e. The van der Waals surface area contributed by atoms with E-state index in [0.717, 1.165) is 30.0 Å². The van der Waals surface area contributed by atoms with Gasteiger partial charge in [0.2, 0.25) is 0 Å². The quantitative estimate of drug-likeness (QED) is 0.283. The Hall–Kier alpha value is -3.41. The van der Waals surface area contributed by atoms with E-state index >= 15 is 0 Å². The fourth-order valence-electron chi connectivity index (χ4n) is 3.72. The van der Waals surface area contributed by atoms with E-state index in [2.05, 4.69) is 11.7 Å². The molecule has 0 amide bonds. The number of rotatable bonds is 5. The summed E-state index contributed by atoms with van der Waals surface area (Å²) in [5.41, 5.74) is 3.65. The van der Waals surface area contributed by atoms with Crippen LogP contribution in [-0.2, 0) is 6.42 Å². The number of halogens is 5. The van der Waals surface area contributed by atoms with E-state index in [1.807, 2.05) is 24.3 Å². The van der Waals surface area contributed by atoms with Gasteiger partial charge in [-0.15, -0.1) is 13.2 Å². The minimum atomic E-state index is -4.99. The molecule has 32 heavy (non-hydrogen) atoms. The molecule has 0 atom stereocenters. The van der Waals surface area contributed by atoms with Crippen molar-refractivity contribution in [3.8, 4) is 28.0 Å². The zero-order valence-corrected chi connectivity index (χ0v) is 17.1. The van der Waals surface area contributed by atoms with Crippen LogP contribution in [0.2, 0.25) is 0 Å². The van der Waals surface area contributed by atoms with Crippen molar-refractivity contribution in [1.82, 2.24) is 0 Å². The van der Waals surface area contributed by atoms with Crippen LogP contribution in [0, 0.1) is 11.6 Å². The molecule has 0 aliphatic rings. The Morgan fingerprint density at radius 2 is 1.44 bits per heavy atom. The minimum Gasteiger partial charge on any atom is -0.403 e. The molecule has 0 bridgehead atoms. The van der Waals surface area contributed by atoms with Crippen molar-refractivity contribution >= 4 is 10.8 Å². The maximum atomic E-state index is 14.9. The van der Waals surface area contributed by atoms with E-state index in [1.165, 1.54) is 35.9 Å². The summed E-state index contributed by atoms with van der Waals surface area (Å²) in [5.74, 6) is -2.47. The van der Waals surface area contributed by atoms with Crippen molar-refractivity contribution < 1.29 is 26.7 Å². The normalized spacial score (nSPS) is 11.7. The van der Waals surface area contributed by atoms with Crippen LogP contribution in [0.15, 0.2) is 72.8 Å². The second-order valence-electron chi connectivity index (χ2n) is 7.50. The molecule has 1 nitrogen and oxygen atoms in total. The Labute approximate surface area is 182 Å². The highest BCUT2D eigenvalue weighted by molar-refractivity contribution is 5.89. The lowest BCUT2D eigenvalue weighted by atomic mass is 9.97. The summed E-state index contributed by atoms with van der Waals surface area (Å²) < 4.78 is 70.4. The topological polar surface area (TPSA) is 9.23 Å². The molecular weight excluding hydrogens is 423 g/mol. The van der Waals surface area contributed by atoms with Gasteiger partial charge in [-0.2, -0.15) is 0 Å². The molecule has 0 heterocycles. The lowest BCUT2D eigenvalue weighted by Crippen LogP contribution is -2.17. The molecule has 4 aromatic carbocycles. The standard InChI is InChI=1S/C26H19F5O/c1-2-3-16-4-6-17(7-5-16)18-8-11-21(23(27)15-18)19-9-12-22-20(14-19)10-13-24(25(22)28)32-26(29,30)31/h4-15H,2-3H2,1H3. The van der Waals surface area contributed by atoms with Crippen molar-refractivity contribution in [2.24, 2.45) is 0 Å². The van der Waals surface area contributed by atoms with Gasteiger partial charge in [0.05, 0.1) is 0 Å². The summed E-state index contributed by atoms with van der Waals surface area (Å²) in [6.45, 7) is 2.11. The molecule has 6 heteroatoms. The molecule has 4 aromatic rings. The SMILES string of the molecule is CCCc1ccc(-c2ccc(-c3ccc4c(F)c(OC(F)(F)F)ccc4c3)c(F)c2)cc1. The molecule has 0 spiro atoms. The second kappa shape index (κ2) is 8.61. The number of aryl methyl sites for hydroxylation is 1. The Bertz CT molecular complexity index is 1260. The third-order valence-electron chi connectivity index (χ3n) is 5.25. The number of alkyl halides is 3. The van der Waals surface area contributed by atoms with E-state index in [1.54, 1.807) is 12.1 Å². The Kier molecular flexibility index (Phi) is 5.87. The van der Waals surface area contributed by atoms with Crippen molar-refractivity contribution in [2.75, 3.05) is 0 Å². The van der Waals surface area contributed by atoms with Crippen LogP contribution < -0.4 is 4.74 Å². The largest absolute Gasteiger partial charge is 0.573 e. The van der Waals surface area contributed by atoms with Crippen LogP contribution in [0.3, 0.4) is 0 Å². The fraction of sp³-hybridized carbons (Fsp3) is 0.154. The molecule has 164 valence electrons. The fourth-order valence-corrected chi connectivity index (χ4v) is 3.72. The van der Waals surface area contributed by atoms with Gasteiger partial charge >= 0.3 is 6.36 Å². The highest BCUT2D eigenvalue weighted by Gasteiger charge is 2.32. The number of hydrogen-bond acceptors (Lipinski definition) is 1. The Balaban J connectivity index is 1.65. The maximum Gasteiger partial charge on any atom is 0.573 e. The molecule has 0 aliphatic carbocycles. The zero-order valence-electron chi connectivity index (χ0n) is 17.1. The third kappa shape index (κ3) is 4.59. The first kappa shape index (κ1) is 21.8. The first-order chi connectivity index (χ1) is 15.2. The van der Waals surface area contributed by atoms with E-state index in [0.29, 0.717) is 16.5 Å². The summed E-state index contributed by atoms with van der Waals surface area (Å²) in [6.07, 6.45) is -2.95. The zero-order chi connectivity index (χ0) is 22.9. The molecule has 0 fully saturated rings. The van der Waals surface area contributed by atoms with E-state index < -0.39 is 23.7 Å². The van der Waals surface area contributed by atoms with Crippen molar-refractivity contribution in [3.05, 3.63) is 90.0 Å². The molecule has 4 rings (SSSR count). The average Bonchev–Trinajstić information content (AvgIpc) is 2.75. The molecule has 0 radical (unpaired) electrons. The highest BCUT2D eigenvalue weighted by atomic mass is 19.4. The lowest BCUT2D eigenvalue weighted by molar-refractivity contribution is -0.275. The average molecular weight is 442 g/mol. The van der Waals surface area contributed by atoms with Crippen LogP contribution >= 0.6 is 0 Å². The van der Waals surface area contributed by atoms with Crippen molar-refractivity contribution in [1.29, 1.82) is 0 Å². The summed E-state index contributed by atoms with van der Waals surface area (Å²) >= 11 is 0. The predicted molar refractivity (Wildman–Crippen MR) is 115 cm³/mol. The number of benzene rings is 4. The van der Waals surface area contributed by atoms with Crippen LogP contribution in [0.1, 0.15) is 18.9 Å². The van der Waals surface area contributed by atoms with Gasteiger partial charge in [-0.1, -0.05) is 67.9 Å². The van der Waals surface area contributed by atoms with Crippen molar-refractivity contribution in [3.63, 3.8) is 0 Å².